The Bertz CT molecular complexity index is 822. The van der Waals surface area contributed by atoms with Gasteiger partial charge in [-0.25, -0.2) is 9.97 Å². The van der Waals surface area contributed by atoms with Crippen LogP contribution in [0.4, 0.5) is 19.0 Å². The van der Waals surface area contributed by atoms with Gasteiger partial charge in [0.05, 0.1) is 19.2 Å². The largest absolute Gasteiger partial charge is 0.446 e. The van der Waals surface area contributed by atoms with Crippen LogP contribution in [0.3, 0.4) is 0 Å². The van der Waals surface area contributed by atoms with E-state index in [4.69, 9.17) is 0 Å². The SMILES string of the molecule is O=C1Cc2c(C(=O)NCC(O)(c3ncco3)C(F)(F)F)ccnc2N1. The maximum atomic E-state index is 13.2. The van der Waals surface area contributed by atoms with Crippen LogP contribution >= 0.6 is 0 Å². The number of carbonyl (C=O) groups excluding carboxylic acids is 2. The van der Waals surface area contributed by atoms with Crippen LogP contribution in [0.15, 0.2) is 29.1 Å². The fraction of sp³-hybridized carbons (Fsp3) is 0.286. The summed E-state index contributed by atoms with van der Waals surface area (Å²) in [5.74, 6) is -2.09. The van der Waals surface area contributed by atoms with Crippen LogP contribution in [0.5, 0.6) is 0 Å². The summed E-state index contributed by atoms with van der Waals surface area (Å²) >= 11 is 0. The number of aliphatic hydroxyl groups is 1. The number of rotatable bonds is 4. The van der Waals surface area contributed by atoms with Crippen LogP contribution < -0.4 is 10.6 Å². The van der Waals surface area contributed by atoms with Gasteiger partial charge in [-0.3, -0.25) is 9.59 Å². The third-order valence-electron chi connectivity index (χ3n) is 3.66. The molecule has 1 unspecified atom stereocenters. The first kappa shape index (κ1) is 16.9. The van der Waals surface area contributed by atoms with E-state index in [1.165, 1.54) is 12.3 Å². The van der Waals surface area contributed by atoms with E-state index in [1.807, 2.05) is 5.32 Å². The number of oxazole rings is 1. The molecule has 3 N–H and O–H groups in total. The van der Waals surface area contributed by atoms with Gasteiger partial charge in [-0.15, -0.1) is 0 Å². The van der Waals surface area contributed by atoms with Crippen molar-refractivity contribution < 1.29 is 32.3 Å². The van der Waals surface area contributed by atoms with E-state index < -0.39 is 30.1 Å². The molecule has 0 radical (unpaired) electrons. The summed E-state index contributed by atoms with van der Waals surface area (Å²) < 4.78 is 44.2. The molecule has 1 aliphatic rings. The molecule has 11 heteroatoms. The number of carbonyl (C=O) groups is 2. The number of anilines is 1. The normalized spacial score (nSPS) is 16.1. The smallest absolute Gasteiger partial charge is 0.428 e. The van der Waals surface area contributed by atoms with Crippen molar-refractivity contribution in [2.24, 2.45) is 0 Å². The maximum Gasteiger partial charge on any atom is 0.428 e. The van der Waals surface area contributed by atoms with Crippen molar-refractivity contribution in [1.82, 2.24) is 15.3 Å². The lowest BCUT2D eigenvalue weighted by Gasteiger charge is -2.27. The molecule has 2 aromatic heterocycles. The van der Waals surface area contributed by atoms with Crippen LogP contribution in [-0.2, 0) is 16.8 Å². The lowest BCUT2D eigenvalue weighted by molar-refractivity contribution is -0.271. The minimum absolute atomic E-state index is 0.0136. The molecule has 0 spiro atoms. The first-order chi connectivity index (χ1) is 11.7. The Morgan fingerprint density at radius 3 is 2.76 bits per heavy atom. The van der Waals surface area contributed by atoms with E-state index in [2.05, 4.69) is 19.7 Å². The molecular weight excluding hydrogens is 345 g/mol. The molecule has 8 nitrogen and oxygen atoms in total. The molecule has 0 fully saturated rings. The second-order valence-electron chi connectivity index (χ2n) is 5.29. The predicted molar refractivity (Wildman–Crippen MR) is 75.4 cm³/mol. The van der Waals surface area contributed by atoms with E-state index in [1.54, 1.807) is 0 Å². The number of fused-ring (bicyclic) bond motifs is 1. The molecule has 1 atom stereocenters. The Morgan fingerprint density at radius 2 is 2.12 bits per heavy atom. The Balaban J connectivity index is 1.83. The standard InChI is InChI=1S/C14H11F3N4O4/c15-14(16,17)13(24,12-19-3-4-25-12)6-20-11(23)7-1-2-18-10-8(7)5-9(22)21-10/h1-4,24H,5-6H2,(H,20,23)(H,18,21,22). The average Bonchev–Trinajstić information content (AvgIpc) is 3.19. The molecule has 1 aliphatic heterocycles. The summed E-state index contributed by atoms with van der Waals surface area (Å²) in [6, 6.07) is 1.27. The van der Waals surface area contributed by atoms with Gasteiger partial charge in [-0.1, -0.05) is 0 Å². The fourth-order valence-corrected chi connectivity index (χ4v) is 2.36. The number of aromatic nitrogens is 2. The van der Waals surface area contributed by atoms with Crippen molar-refractivity contribution in [2.75, 3.05) is 11.9 Å². The van der Waals surface area contributed by atoms with Gasteiger partial charge in [0.1, 0.15) is 12.1 Å². The van der Waals surface area contributed by atoms with Crippen molar-refractivity contribution in [3.8, 4) is 0 Å². The van der Waals surface area contributed by atoms with Gasteiger partial charge in [-0.2, -0.15) is 13.2 Å². The zero-order valence-electron chi connectivity index (χ0n) is 12.4. The van der Waals surface area contributed by atoms with Gasteiger partial charge in [0.25, 0.3) is 11.5 Å². The highest BCUT2D eigenvalue weighted by atomic mass is 19.4. The third-order valence-corrected chi connectivity index (χ3v) is 3.66. The number of nitrogens with one attached hydrogen (secondary N) is 2. The molecule has 3 heterocycles. The molecule has 0 aromatic carbocycles. The Hall–Kier alpha value is -2.95. The quantitative estimate of drug-likeness (QED) is 0.744. The van der Waals surface area contributed by atoms with Gasteiger partial charge in [0, 0.05) is 17.3 Å². The molecule has 0 saturated heterocycles. The lowest BCUT2D eigenvalue weighted by atomic mass is 10.0. The monoisotopic (exact) mass is 356 g/mol. The van der Waals surface area contributed by atoms with E-state index in [9.17, 15) is 27.9 Å². The highest BCUT2D eigenvalue weighted by Gasteiger charge is 2.58. The van der Waals surface area contributed by atoms with Crippen LogP contribution in [0, 0.1) is 0 Å². The summed E-state index contributed by atoms with van der Waals surface area (Å²) in [7, 11) is 0. The van der Waals surface area contributed by atoms with Gasteiger partial charge in [0.15, 0.2) is 0 Å². The zero-order valence-corrected chi connectivity index (χ0v) is 12.4. The Morgan fingerprint density at radius 1 is 1.36 bits per heavy atom. The van der Waals surface area contributed by atoms with Crippen LogP contribution in [0.1, 0.15) is 21.8 Å². The zero-order chi connectivity index (χ0) is 18.2. The van der Waals surface area contributed by atoms with Crippen molar-refractivity contribution in [2.45, 2.75) is 18.2 Å². The first-order valence-corrected chi connectivity index (χ1v) is 6.97. The Labute approximate surface area is 138 Å². The molecule has 0 saturated carbocycles. The van der Waals surface area contributed by atoms with E-state index in [-0.39, 0.29) is 29.3 Å². The first-order valence-electron chi connectivity index (χ1n) is 6.97. The lowest BCUT2D eigenvalue weighted by Crippen LogP contribution is -2.51. The van der Waals surface area contributed by atoms with Crippen LogP contribution in [0.25, 0.3) is 0 Å². The van der Waals surface area contributed by atoms with E-state index in [0.29, 0.717) is 0 Å². The number of alkyl halides is 3. The van der Waals surface area contributed by atoms with E-state index in [0.717, 1.165) is 12.5 Å². The molecule has 3 rings (SSSR count). The number of hydrogen-bond donors (Lipinski definition) is 3. The fourth-order valence-electron chi connectivity index (χ4n) is 2.36. The second kappa shape index (κ2) is 5.84. The highest BCUT2D eigenvalue weighted by molar-refractivity contribution is 6.04. The Kier molecular flexibility index (Phi) is 3.95. The third kappa shape index (κ3) is 2.93. The molecule has 0 bridgehead atoms. The second-order valence-corrected chi connectivity index (χ2v) is 5.29. The van der Waals surface area contributed by atoms with Crippen LogP contribution in [-0.4, -0.2) is 39.6 Å². The number of amides is 2. The van der Waals surface area contributed by atoms with E-state index >= 15 is 0 Å². The van der Waals surface area contributed by atoms with Crippen molar-refractivity contribution in [3.05, 3.63) is 41.7 Å². The van der Waals surface area contributed by atoms with Gasteiger partial charge in [-0.05, 0) is 6.07 Å². The summed E-state index contributed by atoms with van der Waals surface area (Å²) in [6.45, 7) is -1.21. The number of pyridine rings is 1. The molecule has 132 valence electrons. The summed E-state index contributed by atoms with van der Waals surface area (Å²) in [5, 5.41) is 14.4. The van der Waals surface area contributed by atoms with Crippen LogP contribution in [0.2, 0.25) is 0 Å². The number of halogens is 3. The molecule has 25 heavy (non-hydrogen) atoms. The molecule has 2 aromatic rings. The molecule has 2 amide bonds. The van der Waals surface area contributed by atoms with Gasteiger partial charge < -0.3 is 20.2 Å². The van der Waals surface area contributed by atoms with Crippen molar-refractivity contribution in [3.63, 3.8) is 0 Å². The van der Waals surface area contributed by atoms with Crippen molar-refractivity contribution in [1.29, 1.82) is 0 Å². The van der Waals surface area contributed by atoms with Crippen molar-refractivity contribution >= 4 is 17.6 Å². The maximum absolute atomic E-state index is 13.2. The number of hydrogen-bond acceptors (Lipinski definition) is 6. The van der Waals surface area contributed by atoms with Gasteiger partial charge in [0.2, 0.25) is 11.8 Å². The summed E-state index contributed by atoms with van der Waals surface area (Å²) in [4.78, 5) is 30.8. The summed E-state index contributed by atoms with van der Waals surface area (Å²) in [6.07, 6.45) is -2.19. The number of nitrogens with zero attached hydrogens (tertiary/aromatic N) is 2. The minimum Gasteiger partial charge on any atom is -0.446 e. The van der Waals surface area contributed by atoms with Gasteiger partial charge >= 0.3 is 6.18 Å². The average molecular weight is 356 g/mol. The molecular formula is C14H11F3N4O4. The highest BCUT2D eigenvalue weighted by Crippen LogP contribution is 2.37. The summed E-state index contributed by atoms with van der Waals surface area (Å²) in [5.41, 5.74) is -3.23. The molecule has 0 aliphatic carbocycles. The predicted octanol–water partition coefficient (Wildman–Crippen LogP) is 0.744. The minimum atomic E-state index is -5.14. The topological polar surface area (TPSA) is 117 Å².